The lowest BCUT2D eigenvalue weighted by Gasteiger charge is -2.28. The maximum Gasteiger partial charge on any atom is 0.219 e. The maximum atomic E-state index is 11.9. The van der Waals surface area contributed by atoms with Gasteiger partial charge in [-0.15, -0.1) is 0 Å². The van der Waals surface area contributed by atoms with Crippen molar-refractivity contribution < 1.29 is 14.4 Å². The summed E-state index contributed by atoms with van der Waals surface area (Å²) in [6.07, 6.45) is 28.9. The van der Waals surface area contributed by atoms with Crippen molar-refractivity contribution in [3.05, 3.63) is 12.2 Å². The lowest BCUT2D eigenvalue weighted by Crippen LogP contribution is -2.43. The summed E-state index contributed by atoms with van der Waals surface area (Å²) in [5, 5.41) is 12.1. The first kappa shape index (κ1) is 32.1. The summed E-state index contributed by atoms with van der Waals surface area (Å²) in [4.78, 5) is 11.9. The second kappa shape index (κ2) is 24.3. The molecule has 0 aliphatic rings. The first-order valence-electron chi connectivity index (χ1n) is 14.4. The molecule has 1 amide bonds. The van der Waals surface area contributed by atoms with Crippen LogP contribution in [0.5, 0.6) is 0 Å². The van der Waals surface area contributed by atoms with Gasteiger partial charge in [-0.3, -0.25) is 4.79 Å². The smallest absolute Gasteiger partial charge is 0.219 e. The number of amides is 1. The summed E-state index contributed by atoms with van der Waals surface area (Å²) in [5.41, 5.74) is 0. The summed E-state index contributed by atoms with van der Waals surface area (Å²) in [6, 6.07) is 0. The van der Waals surface area contributed by atoms with Gasteiger partial charge < -0.3 is 14.9 Å². The van der Waals surface area contributed by atoms with Gasteiger partial charge in [0.15, 0.2) is 0 Å². The molecule has 0 bridgehead atoms. The van der Waals surface area contributed by atoms with E-state index < -0.39 is 0 Å². The van der Waals surface area contributed by atoms with E-state index in [0.29, 0.717) is 6.42 Å². The third kappa shape index (κ3) is 25.6. The maximum absolute atomic E-state index is 11.9. The summed E-state index contributed by atoms with van der Waals surface area (Å²) in [5.74, 6) is 0.198. The van der Waals surface area contributed by atoms with Gasteiger partial charge in [-0.1, -0.05) is 96.1 Å². The molecule has 33 heavy (non-hydrogen) atoms. The predicted molar refractivity (Wildman–Crippen MR) is 144 cm³/mol. The molecule has 0 aromatic carbocycles. The number of quaternary nitrogens is 1. The number of rotatable bonds is 25. The number of aliphatic hydroxyl groups is 1. The molecule has 0 aliphatic carbocycles. The largest absolute Gasteiger partial charge is 0.391 e. The Kier molecular flexibility index (Phi) is 23.6. The van der Waals surface area contributed by atoms with E-state index >= 15 is 0 Å². The van der Waals surface area contributed by atoms with Gasteiger partial charge in [-0.05, 0) is 32.1 Å². The Hall–Kier alpha value is -0.870. The summed E-state index contributed by atoms with van der Waals surface area (Å²) >= 11 is 0. The average molecular weight is 468 g/mol. The molecule has 0 saturated heterocycles. The minimum atomic E-state index is 0.198. The van der Waals surface area contributed by atoms with Crippen LogP contribution in [0.2, 0.25) is 0 Å². The van der Waals surface area contributed by atoms with Crippen molar-refractivity contribution in [1.82, 2.24) is 5.32 Å². The van der Waals surface area contributed by atoms with Crippen LogP contribution in [0.3, 0.4) is 0 Å². The van der Waals surface area contributed by atoms with Gasteiger partial charge in [0, 0.05) is 19.4 Å². The molecular formula is C29H59N2O2+. The highest BCUT2D eigenvalue weighted by atomic mass is 16.3. The third-order valence-corrected chi connectivity index (χ3v) is 6.63. The van der Waals surface area contributed by atoms with E-state index in [2.05, 4.69) is 38.5 Å². The summed E-state index contributed by atoms with van der Waals surface area (Å²) < 4.78 is 0.808. The van der Waals surface area contributed by atoms with E-state index in [4.69, 9.17) is 5.11 Å². The predicted octanol–water partition coefficient (Wildman–Crippen LogP) is 7.16. The zero-order valence-corrected chi connectivity index (χ0v) is 22.7. The zero-order valence-electron chi connectivity index (χ0n) is 22.7. The van der Waals surface area contributed by atoms with Crippen LogP contribution in [0.15, 0.2) is 12.2 Å². The molecule has 0 aromatic rings. The van der Waals surface area contributed by atoms with Crippen LogP contribution in [0.1, 0.15) is 129 Å². The van der Waals surface area contributed by atoms with Crippen molar-refractivity contribution in [1.29, 1.82) is 0 Å². The Morgan fingerprint density at radius 1 is 0.697 bits per heavy atom. The van der Waals surface area contributed by atoms with E-state index in [1.807, 2.05) is 0 Å². The number of likely N-dealkylation sites (N-methyl/N-ethyl adjacent to an activating group) is 1. The first-order chi connectivity index (χ1) is 16.0. The fourth-order valence-corrected chi connectivity index (χ4v) is 4.27. The van der Waals surface area contributed by atoms with Crippen LogP contribution in [-0.4, -0.2) is 55.8 Å². The van der Waals surface area contributed by atoms with Crippen molar-refractivity contribution in [2.24, 2.45) is 0 Å². The van der Waals surface area contributed by atoms with E-state index in [9.17, 15) is 4.79 Å². The Labute approximate surface area is 207 Å². The molecule has 0 atom stereocenters. The van der Waals surface area contributed by atoms with Crippen LogP contribution in [0, 0.1) is 0 Å². The summed E-state index contributed by atoms with van der Waals surface area (Å²) in [6.45, 7) is 5.00. The molecular weight excluding hydrogens is 408 g/mol. The highest BCUT2D eigenvalue weighted by molar-refractivity contribution is 5.75. The Bertz CT molecular complexity index is 449. The quantitative estimate of drug-likeness (QED) is 0.0850. The van der Waals surface area contributed by atoms with Gasteiger partial charge in [-0.2, -0.15) is 0 Å². The van der Waals surface area contributed by atoms with Crippen LogP contribution in [0.25, 0.3) is 0 Å². The normalized spacial score (nSPS) is 12.0. The SMILES string of the molecule is CCCCCCCC/C=C/CCCCCCCCCCCC(=O)NCCC[N+](C)(C)CCO. The van der Waals surface area contributed by atoms with Crippen LogP contribution < -0.4 is 5.32 Å². The standard InChI is InChI=1S/C29H58N2O2/c1-4-5-6-7-8-9-10-11-12-13-14-15-16-17-18-19-20-21-22-24-29(33)30-25-23-26-31(2,3)27-28-32/h11-12,32H,4-10,13-28H2,1-3H3/p+1/b12-11+. The van der Waals surface area contributed by atoms with Gasteiger partial charge in [0.1, 0.15) is 6.54 Å². The highest BCUT2D eigenvalue weighted by Crippen LogP contribution is 2.12. The summed E-state index contributed by atoms with van der Waals surface area (Å²) in [7, 11) is 4.24. The number of nitrogens with zero attached hydrogens (tertiary/aromatic N) is 1. The second-order valence-electron chi connectivity index (χ2n) is 10.6. The molecule has 0 spiro atoms. The fraction of sp³-hybridized carbons (Fsp3) is 0.897. The van der Waals surface area contributed by atoms with Crippen molar-refractivity contribution in [3.63, 3.8) is 0 Å². The molecule has 2 N–H and O–H groups in total. The topological polar surface area (TPSA) is 49.3 Å². The number of allylic oxidation sites excluding steroid dienone is 2. The zero-order chi connectivity index (χ0) is 24.5. The monoisotopic (exact) mass is 467 g/mol. The van der Waals surface area contributed by atoms with Gasteiger partial charge in [0.05, 0.1) is 27.2 Å². The van der Waals surface area contributed by atoms with E-state index in [1.54, 1.807) is 0 Å². The van der Waals surface area contributed by atoms with Gasteiger partial charge in [-0.25, -0.2) is 0 Å². The third-order valence-electron chi connectivity index (χ3n) is 6.63. The molecule has 0 unspecified atom stereocenters. The Morgan fingerprint density at radius 2 is 1.18 bits per heavy atom. The molecule has 4 heteroatoms. The molecule has 196 valence electrons. The lowest BCUT2D eigenvalue weighted by atomic mass is 10.1. The number of carbonyl (C=O) groups excluding carboxylic acids is 1. The average Bonchev–Trinajstić information content (AvgIpc) is 2.78. The number of unbranched alkanes of at least 4 members (excludes halogenated alkanes) is 15. The van der Waals surface area contributed by atoms with E-state index in [-0.39, 0.29) is 12.5 Å². The van der Waals surface area contributed by atoms with Crippen molar-refractivity contribution in [3.8, 4) is 0 Å². The van der Waals surface area contributed by atoms with Crippen molar-refractivity contribution in [2.75, 3.05) is 40.3 Å². The fourth-order valence-electron chi connectivity index (χ4n) is 4.27. The number of hydrogen-bond acceptors (Lipinski definition) is 2. The minimum absolute atomic E-state index is 0.198. The van der Waals surface area contributed by atoms with Gasteiger partial charge in [0.25, 0.3) is 0 Å². The number of carbonyl (C=O) groups is 1. The Morgan fingerprint density at radius 3 is 1.70 bits per heavy atom. The van der Waals surface area contributed by atoms with Gasteiger partial charge in [0.2, 0.25) is 5.91 Å². The van der Waals surface area contributed by atoms with Gasteiger partial charge >= 0.3 is 0 Å². The lowest BCUT2D eigenvalue weighted by molar-refractivity contribution is -0.890. The first-order valence-corrected chi connectivity index (χ1v) is 14.4. The number of hydrogen-bond donors (Lipinski definition) is 2. The van der Waals surface area contributed by atoms with Crippen molar-refractivity contribution >= 4 is 5.91 Å². The van der Waals surface area contributed by atoms with Crippen molar-refractivity contribution in [2.45, 2.75) is 129 Å². The van der Waals surface area contributed by atoms with Crippen LogP contribution in [0.4, 0.5) is 0 Å². The molecule has 0 radical (unpaired) electrons. The molecule has 0 aliphatic heterocycles. The number of aliphatic hydroxyl groups excluding tert-OH is 1. The highest BCUT2D eigenvalue weighted by Gasteiger charge is 2.13. The molecule has 0 saturated carbocycles. The molecule has 0 heterocycles. The minimum Gasteiger partial charge on any atom is -0.391 e. The number of nitrogens with one attached hydrogen (secondary N) is 1. The Balaban J connectivity index is 3.27. The van der Waals surface area contributed by atoms with Crippen LogP contribution in [-0.2, 0) is 4.79 Å². The molecule has 0 fully saturated rings. The molecule has 4 nitrogen and oxygen atoms in total. The van der Waals surface area contributed by atoms with Crippen LogP contribution >= 0.6 is 0 Å². The molecule has 0 aromatic heterocycles. The second-order valence-corrected chi connectivity index (χ2v) is 10.6. The van der Waals surface area contributed by atoms with E-state index in [1.165, 1.54) is 103 Å². The molecule has 0 rings (SSSR count). The van der Waals surface area contributed by atoms with E-state index in [0.717, 1.165) is 37.0 Å².